The molecule has 0 N–H and O–H groups in total. The number of aryl methyl sites for hydroxylation is 2. The van der Waals surface area contributed by atoms with Crippen molar-refractivity contribution < 1.29 is 9.59 Å². The molecular formula is C21H25N3O2S. The molecule has 6 heteroatoms. The Morgan fingerprint density at radius 1 is 1.15 bits per heavy atom. The van der Waals surface area contributed by atoms with E-state index in [9.17, 15) is 9.59 Å². The first-order chi connectivity index (χ1) is 12.9. The van der Waals surface area contributed by atoms with E-state index in [1.807, 2.05) is 59.7 Å². The molecule has 142 valence electrons. The third-order valence-electron chi connectivity index (χ3n) is 5.84. The zero-order chi connectivity index (χ0) is 19.2. The van der Waals surface area contributed by atoms with E-state index in [-0.39, 0.29) is 17.4 Å². The van der Waals surface area contributed by atoms with Gasteiger partial charge in [-0.3, -0.25) is 14.5 Å². The van der Waals surface area contributed by atoms with Crippen LogP contribution in [0.1, 0.15) is 27.9 Å². The van der Waals surface area contributed by atoms with E-state index in [0.29, 0.717) is 19.6 Å². The van der Waals surface area contributed by atoms with Crippen LogP contribution in [0.5, 0.6) is 0 Å². The molecule has 2 saturated heterocycles. The summed E-state index contributed by atoms with van der Waals surface area (Å²) in [6, 6.07) is 8.01. The number of thiophene rings is 1. The molecule has 0 unspecified atom stereocenters. The fourth-order valence-electron chi connectivity index (χ4n) is 4.36. The van der Waals surface area contributed by atoms with Crippen molar-refractivity contribution in [3.05, 3.63) is 51.7 Å². The van der Waals surface area contributed by atoms with Crippen molar-refractivity contribution in [1.29, 1.82) is 0 Å². The van der Waals surface area contributed by atoms with E-state index in [1.54, 1.807) is 11.3 Å². The van der Waals surface area contributed by atoms with Crippen molar-refractivity contribution in [2.24, 2.45) is 0 Å². The highest BCUT2D eigenvalue weighted by Gasteiger charge is 2.48. The van der Waals surface area contributed by atoms with E-state index in [4.69, 9.17) is 0 Å². The first-order valence-corrected chi connectivity index (χ1v) is 10.2. The van der Waals surface area contributed by atoms with Crippen LogP contribution in [0.4, 0.5) is 5.69 Å². The molecule has 2 aliphatic rings. The predicted molar refractivity (Wildman–Crippen MR) is 108 cm³/mol. The van der Waals surface area contributed by atoms with Gasteiger partial charge in [-0.2, -0.15) is 11.3 Å². The van der Waals surface area contributed by atoms with Gasteiger partial charge in [0.25, 0.3) is 5.91 Å². The number of benzene rings is 1. The average molecular weight is 384 g/mol. The van der Waals surface area contributed by atoms with E-state index in [2.05, 4.69) is 11.0 Å². The Morgan fingerprint density at radius 2 is 1.89 bits per heavy atom. The SMILES string of the molecule is Cc1cc(C)cc(C(=O)N2CC[C@]3(C2)CN(c2ccsc2)C(=O)CN3C)c1. The Hall–Kier alpha value is -2.18. The largest absolute Gasteiger partial charge is 0.337 e. The number of likely N-dealkylation sites (tertiary alicyclic amines) is 1. The van der Waals surface area contributed by atoms with Gasteiger partial charge in [-0.05, 0) is 50.9 Å². The molecular weight excluding hydrogens is 358 g/mol. The highest BCUT2D eigenvalue weighted by molar-refractivity contribution is 7.08. The first-order valence-electron chi connectivity index (χ1n) is 9.29. The lowest BCUT2D eigenvalue weighted by molar-refractivity contribution is -0.123. The zero-order valence-corrected chi connectivity index (χ0v) is 16.9. The molecule has 1 atom stereocenters. The lowest BCUT2D eigenvalue weighted by atomic mass is 9.92. The van der Waals surface area contributed by atoms with Gasteiger partial charge in [-0.1, -0.05) is 17.2 Å². The molecule has 27 heavy (non-hydrogen) atoms. The van der Waals surface area contributed by atoms with Crippen molar-refractivity contribution in [2.75, 3.05) is 38.1 Å². The number of likely N-dealkylation sites (N-methyl/N-ethyl adjacent to an activating group) is 1. The standard InChI is InChI=1S/C21H25N3O2S/c1-15-8-16(2)10-17(9-15)20(26)23-6-5-21(13-23)14-24(18-4-7-27-12-18)19(25)11-22(21)3/h4,7-10,12H,5-6,11,13-14H2,1-3H3/t21-/m0/s1. The van der Waals surface area contributed by atoms with Crippen LogP contribution in [0.15, 0.2) is 35.0 Å². The van der Waals surface area contributed by atoms with Crippen LogP contribution in [0.2, 0.25) is 0 Å². The highest BCUT2D eigenvalue weighted by Crippen LogP contribution is 2.34. The molecule has 3 heterocycles. The molecule has 2 aromatic rings. The van der Waals surface area contributed by atoms with Gasteiger partial charge >= 0.3 is 0 Å². The van der Waals surface area contributed by atoms with Crippen LogP contribution in [0.3, 0.4) is 0 Å². The van der Waals surface area contributed by atoms with Gasteiger partial charge in [0.1, 0.15) is 0 Å². The maximum absolute atomic E-state index is 13.1. The molecule has 4 rings (SSSR count). The minimum atomic E-state index is -0.176. The zero-order valence-electron chi connectivity index (χ0n) is 16.1. The molecule has 0 saturated carbocycles. The third kappa shape index (κ3) is 3.28. The number of nitrogens with zero attached hydrogens (tertiary/aromatic N) is 3. The molecule has 0 aliphatic carbocycles. The van der Waals surface area contributed by atoms with Gasteiger partial charge in [0.2, 0.25) is 5.91 Å². The lowest BCUT2D eigenvalue weighted by Gasteiger charge is -2.46. The summed E-state index contributed by atoms with van der Waals surface area (Å²) in [7, 11) is 2.01. The fraction of sp³-hybridized carbons (Fsp3) is 0.429. The number of carbonyl (C=O) groups is 2. The summed E-state index contributed by atoms with van der Waals surface area (Å²) >= 11 is 1.60. The monoisotopic (exact) mass is 383 g/mol. The van der Waals surface area contributed by atoms with Crippen molar-refractivity contribution in [1.82, 2.24) is 9.80 Å². The number of rotatable bonds is 2. The molecule has 0 bridgehead atoms. The molecule has 1 aromatic carbocycles. The molecule has 2 aliphatic heterocycles. The average Bonchev–Trinajstić information content (AvgIpc) is 3.28. The normalized spacial score (nSPS) is 23.4. The van der Waals surface area contributed by atoms with Crippen LogP contribution >= 0.6 is 11.3 Å². The van der Waals surface area contributed by atoms with Gasteiger partial charge in [-0.25, -0.2) is 0 Å². The molecule has 5 nitrogen and oxygen atoms in total. The highest BCUT2D eigenvalue weighted by atomic mass is 32.1. The Labute approximate surface area is 164 Å². The molecule has 2 fully saturated rings. The maximum Gasteiger partial charge on any atom is 0.253 e. The van der Waals surface area contributed by atoms with Crippen LogP contribution in [0.25, 0.3) is 0 Å². The Balaban J connectivity index is 1.56. The van der Waals surface area contributed by atoms with E-state index >= 15 is 0 Å². The molecule has 2 amide bonds. The van der Waals surface area contributed by atoms with E-state index in [0.717, 1.165) is 35.3 Å². The second kappa shape index (κ2) is 6.77. The quantitative estimate of drug-likeness (QED) is 0.801. The summed E-state index contributed by atoms with van der Waals surface area (Å²) in [6.07, 6.45) is 0.883. The van der Waals surface area contributed by atoms with E-state index in [1.165, 1.54) is 0 Å². The Morgan fingerprint density at radius 3 is 2.56 bits per heavy atom. The minimum Gasteiger partial charge on any atom is -0.337 e. The number of carbonyl (C=O) groups excluding carboxylic acids is 2. The Bertz CT molecular complexity index is 859. The molecule has 0 radical (unpaired) electrons. The van der Waals surface area contributed by atoms with Crippen LogP contribution in [-0.4, -0.2) is 60.4 Å². The summed E-state index contributed by atoms with van der Waals surface area (Å²) in [6.45, 7) is 6.45. The Kier molecular flexibility index (Phi) is 4.56. The summed E-state index contributed by atoms with van der Waals surface area (Å²) in [4.78, 5) is 31.6. The second-order valence-corrected chi connectivity index (χ2v) is 8.67. The number of hydrogen-bond acceptors (Lipinski definition) is 4. The van der Waals surface area contributed by atoms with Gasteiger partial charge in [0.05, 0.1) is 17.8 Å². The number of piperazine rings is 1. The third-order valence-corrected chi connectivity index (χ3v) is 6.51. The predicted octanol–water partition coefficient (Wildman–Crippen LogP) is 2.93. The maximum atomic E-state index is 13.1. The van der Waals surface area contributed by atoms with Crippen LogP contribution < -0.4 is 4.90 Å². The fourth-order valence-corrected chi connectivity index (χ4v) is 5.00. The van der Waals surface area contributed by atoms with Crippen LogP contribution in [-0.2, 0) is 4.79 Å². The summed E-state index contributed by atoms with van der Waals surface area (Å²) < 4.78 is 0. The number of anilines is 1. The van der Waals surface area contributed by atoms with Crippen molar-refractivity contribution >= 4 is 28.8 Å². The summed E-state index contributed by atoms with van der Waals surface area (Å²) in [5.41, 5.74) is 3.77. The smallest absolute Gasteiger partial charge is 0.253 e. The van der Waals surface area contributed by atoms with Crippen molar-refractivity contribution in [3.63, 3.8) is 0 Å². The topological polar surface area (TPSA) is 43.9 Å². The minimum absolute atomic E-state index is 0.0889. The number of hydrogen-bond donors (Lipinski definition) is 0. The molecule has 1 spiro atoms. The molecule has 1 aromatic heterocycles. The lowest BCUT2D eigenvalue weighted by Crippen LogP contribution is -2.64. The second-order valence-electron chi connectivity index (χ2n) is 7.89. The van der Waals surface area contributed by atoms with Gasteiger partial charge < -0.3 is 9.80 Å². The summed E-state index contributed by atoms with van der Waals surface area (Å²) in [5.74, 6) is 0.215. The van der Waals surface area contributed by atoms with E-state index < -0.39 is 0 Å². The van der Waals surface area contributed by atoms with Gasteiger partial charge in [-0.15, -0.1) is 0 Å². The van der Waals surface area contributed by atoms with Crippen molar-refractivity contribution in [3.8, 4) is 0 Å². The summed E-state index contributed by atoms with van der Waals surface area (Å²) in [5, 5.41) is 4.02. The number of amides is 2. The van der Waals surface area contributed by atoms with Crippen LogP contribution in [0, 0.1) is 13.8 Å². The van der Waals surface area contributed by atoms with Gasteiger partial charge in [0.15, 0.2) is 0 Å². The van der Waals surface area contributed by atoms with Gasteiger partial charge in [0, 0.05) is 30.6 Å². The van der Waals surface area contributed by atoms with Crippen molar-refractivity contribution in [2.45, 2.75) is 25.8 Å². The first kappa shape index (κ1) is 18.2.